The Balaban J connectivity index is 2.14. The summed E-state index contributed by atoms with van der Waals surface area (Å²) in [5.41, 5.74) is 1.32. The van der Waals surface area contributed by atoms with E-state index in [1.807, 2.05) is 30.3 Å². The predicted octanol–water partition coefficient (Wildman–Crippen LogP) is 1.97. The Morgan fingerprint density at radius 2 is 1.78 bits per heavy atom. The zero-order valence-corrected chi connectivity index (χ0v) is 14.5. The van der Waals surface area contributed by atoms with Crippen LogP contribution in [0.25, 0.3) is 0 Å². The average Bonchev–Trinajstić information content (AvgIpc) is 2.55. The second-order valence-electron chi connectivity index (χ2n) is 4.85. The van der Waals surface area contributed by atoms with Crippen LogP contribution in [0.1, 0.15) is 12.5 Å². The molecule has 0 fully saturated rings. The summed E-state index contributed by atoms with van der Waals surface area (Å²) in [6, 6.07) is 15.9. The molecule has 23 heavy (non-hydrogen) atoms. The molecule has 7 heteroatoms. The molecule has 1 amide bonds. The van der Waals surface area contributed by atoms with E-state index in [4.69, 9.17) is 8.98 Å². The molecule has 2 rings (SSSR count). The standard InChI is InChI=1S/C16H18AsNO5/c1-13(19)18-16-10-6-5-9-15(16)17(20,23-21)22-12-11-14-7-3-2-4-8-14/h2-10,21H,11-12H2,1H3,(H,18,19). The Hall–Kier alpha value is -1.85. The van der Waals surface area contributed by atoms with Gasteiger partial charge < -0.3 is 0 Å². The first-order valence-electron chi connectivity index (χ1n) is 7.04. The molecule has 0 bridgehead atoms. The molecule has 2 aromatic carbocycles. The Labute approximate surface area is 137 Å². The molecule has 0 aliphatic carbocycles. The van der Waals surface area contributed by atoms with Crippen molar-refractivity contribution in [2.45, 2.75) is 13.3 Å². The fourth-order valence-corrected chi connectivity index (χ4v) is 4.80. The quantitative estimate of drug-likeness (QED) is 0.437. The normalized spacial score (nSPS) is 13.3. The summed E-state index contributed by atoms with van der Waals surface area (Å²) in [7, 11) is 0. The average molecular weight is 379 g/mol. The third-order valence-electron chi connectivity index (χ3n) is 3.11. The van der Waals surface area contributed by atoms with E-state index in [2.05, 4.69) is 9.19 Å². The number of rotatable bonds is 7. The number of hydrogen-bond donors (Lipinski definition) is 2. The summed E-state index contributed by atoms with van der Waals surface area (Å²) in [6.45, 7) is 1.46. The minimum absolute atomic E-state index is 0.121. The van der Waals surface area contributed by atoms with Gasteiger partial charge in [-0.1, -0.05) is 0 Å². The van der Waals surface area contributed by atoms with Gasteiger partial charge in [-0.3, -0.25) is 0 Å². The van der Waals surface area contributed by atoms with Gasteiger partial charge in [-0.25, -0.2) is 0 Å². The van der Waals surface area contributed by atoms with Crippen molar-refractivity contribution in [2.75, 3.05) is 11.9 Å². The van der Waals surface area contributed by atoms with Gasteiger partial charge in [-0.15, -0.1) is 0 Å². The molecule has 2 N–H and O–H groups in total. The van der Waals surface area contributed by atoms with E-state index >= 15 is 0 Å². The van der Waals surface area contributed by atoms with E-state index in [9.17, 15) is 8.53 Å². The summed E-state index contributed by atoms with van der Waals surface area (Å²) in [5, 5.41) is 11.7. The van der Waals surface area contributed by atoms with Gasteiger partial charge >= 0.3 is 137 Å². The molecule has 0 saturated carbocycles. The molecule has 0 aliphatic heterocycles. The van der Waals surface area contributed by atoms with Crippen LogP contribution in [-0.4, -0.2) is 31.9 Å². The van der Waals surface area contributed by atoms with Crippen LogP contribution in [0.4, 0.5) is 5.69 Å². The van der Waals surface area contributed by atoms with Crippen molar-refractivity contribution in [3.8, 4) is 0 Å². The summed E-state index contributed by atoms with van der Waals surface area (Å²) in [5.74, 6) is -0.318. The second kappa shape index (κ2) is 8.13. The van der Waals surface area contributed by atoms with Crippen LogP contribution in [0.5, 0.6) is 0 Å². The van der Waals surface area contributed by atoms with Crippen molar-refractivity contribution in [3.05, 3.63) is 60.2 Å². The number of amides is 1. The number of carbonyl (C=O) groups excluding carboxylic acids is 1. The SMILES string of the molecule is CC(=O)Nc1ccccc1[As](=O)(OO)OCCc1ccccc1. The van der Waals surface area contributed by atoms with E-state index in [1.54, 1.807) is 18.2 Å². The Kier molecular flexibility index (Phi) is 6.18. The van der Waals surface area contributed by atoms with Crippen molar-refractivity contribution in [3.63, 3.8) is 0 Å². The van der Waals surface area contributed by atoms with Crippen LogP contribution in [0.15, 0.2) is 54.6 Å². The van der Waals surface area contributed by atoms with Crippen molar-refractivity contribution < 1.29 is 21.4 Å². The van der Waals surface area contributed by atoms with E-state index in [-0.39, 0.29) is 16.9 Å². The first kappa shape index (κ1) is 17.5. The fraction of sp³-hybridized carbons (Fsp3) is 0.188. The first-order chi connectivity index (χ1) is 11.0. The molecule has 1 atom stereocenters. The summed E-state index contributed by atoms with van der Waals surface area (Å²) < 4.78 is 22.6. The monoisotopic (exact) mass is 379 g/mol. The Bertz CT molecular complexity index is 705. The topological polar surface area (TPSA) is 84.9 Å². The van der Waals surface area contributed by atoms with E-state index in [1.165, 1.54) is 13.0 Å². The van der Waals surface area contributed by atoms with Crippen molar-refractivity contribution in [1.82, 2.24) is 0 Å². The number of carbonyl (C=O) groups is 1. The molecule has 2 aromatic rings. The maximum atomic E-state index is 12.8. The van der Waals surface area contributed by atoms with Crippen LogP contribution in [0.3, 0.4) is 0 Å². The van der Waals surface area contributed by atoms with Gasteiger partial charge in [0, 0.05) is 0 Å². The van der Waals surface area contributed by atoms with Crippen LogP contribution < -0.4 is 9.67 Å². The van der Waals surface area contributed by atoms with Crippen LogP contribution in [-0.2, 0) is 22.6 Å². The summed E-state index contributed by atoms with van der Waals surface area (Å²) >= 11 is -4.67. The van der Waals surface area contributed by atoms with Gasteiger partial charge in [0.25, 0.3) is 0 Å². The minimum atomic E-state index is -4.67. The number of hydrogen-bond acceptors (Lipinski definition) is 5. The third-order valence-corrected chi connectivity index (χ3v) is 6.72. The van der Waals surface area contributed by atoms with E-state index < -0.39 is 14.2 Å². The van der Waals surface area contributed by atoms with Gasteiger partial charge in [0.05, 0.1) is 0 Å². The number of nitrogens with one attached hydrogen (secondary N) is 1. The maximum absolute atomic E-state index is 12.8. The Morgan fingerprint density at radius 1 is 1.13 bits per heavy atom. The molecular weight excluding hydrogens is 361 g/mol. The zero-order chi connectivity index (χ0) is 16.7. The molecule has 0 radical (unpaired) electrons. The van der Waals surface area contributed by atoms with Gasteiger partial charge in [0.15, 0.2) is 0 Å². The molecule has 0 aromatic heterocycles. The molecule has 0 aliphatic rings. The van der Waals surface area contributed by atoms with Crippen molar-refractivity contribution in [1.29, 1.82) is 0 Å². The molecule has 0 spiro atoms. The molecule has 0 saturated heterocycles. The van der Waals surface area contributed by atoms with Crippen LogP contribution in [0, 0.1) is 0 Å². The molecule has 0 heterocycles. The van der Waals surface area contributed by atoms with Gasteiger partial charge in [0.1, 0.15) is 0 Å². The molecule has 1 unspecified atom stereocenters. The molecule has 6 nitrogen and oxygen atoms in total. The van der Waals surface area contributed by atoms with Crippen molar-refractivity contribution >= 4 is 30.1 Å². The zero-order valence-electron chi connectivity index (χ0n) is 12.6. The third kappa shape index (κ3) is 4.81. The summed E-state index contributed by atoms with van der Waals surface area (Å²) in [6.07, 6.45) is 0.526. The second-order valence-corrected chi connectivity index (χ2v) is 8.83. The van der Waals surface area contributed by atoms with Gasteiger partial charge in [0.2, 0.25) is 0 Å². The first-order valence-corrected chi connectivity index (χ1v) is 10.3. The number of anilines is 1. The van der Waals surface area contributed by atoms with E-state index in [0.717, 1.165) is 5.56 Å². The Morgan fingerprint density at radius 3 is 2.43 bits per heavy atom. The van der Waals surface area contributed by atoms with Crippen LogP contribution in [0.2, 0.25) is 0 Å². The molecule has 122 valence electrons. The number of benzene rings is 2. The van der Waals surface area contributed by atoms with Crippen molar-refractivity contribution in [2.24, 2.45) is 0 Å². The van der Waals surface area contributed by atoms with Crippen LogP contribution >= 0.6 is 0 Å². The van der Waals surface area contributed by atoms with Gasteiger partial charge in [-0.05, 0) is 0 Å². The summed E-state index contributed by atoms with van der Waals surface area (Å²) in [4.78, 5) is 11.2. The number of para-hydroxylation sites is 1. The predicted molar refractivity (Wildman–Crippen MR) is 86.6 cm³/mol. The van der Waals surface area contributed by atoms with Gasteiger partial charge in [-0.2, -0.15) is 0 Å². The fourth-order valence-electron chi connectivity index (χ4n) is 2.07. The molecular formula is C16H18AsNO5. The van der Waals surface area contributed by atoms with E-state index in [0.29, 0.717) is 12.1 Å².